The fourth-order valence-electron chi connectivity index (χ4n) is 2.39. The lowest BCUT2D eigenvalue weighted by Gasteiger charge is -2.37. The molecule has 1 heterocycles. The molecule has 0 saturated carbocycles. The van der Waals surface area contributed by atoms with Gasteiger partial charge in [0.05, 0.1) is 6.61 Å². The van der Waals surface area contributed by atoms with Gasteiger partial charge in [0.1, 0.15) is 0 Å². The van der Waals surface area contributed by atoms with Crippen molar-refractivity contribution in [3.05, 3.63) is 0 Å². The molecule has 1 atom stereocenters. The molecule has 0 aromatic carbocycles. The van der Waals surface area contributed by atoms with Crippen molar-refractivity contribution in [2.45, 2.75) is 46.1 Å². The first-order valence-electron chi connectivity index (χ1n) is 6.55. The van der Waals surface area contributed by atoms with E-state index in [1.165, 1.54) is 0 Å². The predicted molar refractivity (Wildman–Crippen MR) is 66.5 cm³/mol. The molecule has 1 unspecified atom stereocenters. The standard InChI is InChI=1S/C13H27NO2/c1-4-12(11(2)3)14-9-13(10-15)5-7-16-8-6-13/h11-12,14-15H,4-10H2,1-3H3. The molecular formula is C13H27NO2. The molecule has 3 heteroatoms. The van der Waals surface area contributed by atoms with Crippen molar-refractivity contribution in [2.24, 2.45) is 11.3 Å². The largest absolute Gasteiger partial charge is 0.396 e. The van der Waals surface area contributed by atoms with Crippen molar-refractivity contribution in [1.82, 2.24) is 5.32 Å². The minimum absolute atomic E-state index is 0.0561. The minimum Gasteiger partial charge on any atom is -0.396 e. The quantitative estimate of drug-likeness (QED) is 0.730. The molecule has 1 rings (SSSR count). The van der Waals surface area contributed by atoms with Gasteiger partial charge in [0.2, 0.25) is 0 Å². The molecule has 1 aliphatic heterocycles. The van der Waals surface area contributed by atoms with Gasteiger partial charge in [0, 0.05) is 31.2 Å². The number of nitrogens with one attached hydrogen (secondary N) is 1. The van der Waals surface area contributed by atoms with Gasteiger partial charge in [0.15, 0.2) is 0 Å². The predicted octanol–water partition coefficient (Wildman–Crippen LogP) is 1.80. The molecule has 0 bridgehead atoms. The maximum atomic E-state index is 9.57. The number of rotatable bonds is 6. The third kappa shape index (κ3) is 3.72. The first kappa shape index (κ1) is 13.9. The average molecular weight is 229 g/mol. The molecule has 0 aliphatic carbocycles. The van der Waals surface area contributed by atoms with Gasteiger partial charge in [-0.1, -0.05) is 20.8 Å². The maximum absolute atomic E-state index is 9.57. The Kier molecular flexibility index (Phi) is 5.73. The Labute approximate surface area is 99.6 Å². The number of hydrogen-bond acceptors (Lipinski definition) is 3. The van der Waals surface area contributed by atoms with Crippen LogP contribution in [-0.4, -0.2) is 37.5 Å². The lowest BCUT2D eigenvalue weighted by atomic mass is 9.80. The normalized spacial score (nSPS) is 22.3. The van der Waals surface area contributed by atoms with Crippen LogP contribution in [0.1, 0.15) is 40.0 Å². The van der Waals surface area contributed by atoms with E-state index >= 15 is 0 Å². The third-order valence-electron chi connectivity index (χ3n) is 3.87. The molecule has 0 aromatic heterocycles. The Morgan fingerprint density at radius 1 is 1.31 bits per heavy atom. The molecule has 3 nitrogen and oxygen atoms in total. The summed E-state index contributed by atoms with van der Waals surface area (Å²) in [6.07, 6.45) is 3.10. The summed E-state index contributed by atoms with van der Waals surface area (Å²) in [5, 5.41) is 13.2. The Bertz CT molecular complexity index is 188. The zero-order chi connectivity index (χ0) is 12.0. The van der Waals surface area contributed by atoms with Crippen LogP contribution in [0, 0.1) is 11.3 Å². The number of hydrogen-bond donors (Lipinski definition) is 2. The highest BCUT2D eigenvalue weighted by Crippen LogP contribution is 2.29. The molecule has 1 aliphatic rings. The van der Waals surface area contributed by atoms with Gasteiger partial charge in [-0.15, -0.1) is 0 Å². The second-order valence-corrected chi connectivity index (χ2v) is 5.41. The molecule has 0 aromatic rings. The van der Waals surface area contributed by atoms with Crippen molar-refractivity contribution in [2.75, 3.05) is 26.4 Å². The van der Waals surface area contributed by atoms with Crippen LogP contribution in [0.25, 0.3) is 0 Å². The summed E-state index contributed by atoms with van der Waals surface area (Å²) in [7, 11) is 0. The van der Waals surface area contributed by atoms with E-state index in [9.17, 15) is 5.11 Å². The average Bonchev–Trinajstić information content (AvgIpc) is 2.30. The molecule has 1 fully saturated rings. The van der Waals surface area contributed by atoms with Crippen molar-refractivity contribution >= 4 is 0 Å². The molecule has 0 amide bonds. The van der Waals surface area contributed by atoms with Crippen molar-refractivity contribution < 1.29 is 9.84 Å². The van der Waals surface area contributed by atoms with E-state index in [4.69, 9.17) is 4.74 Å². The lowest BCUT2D eigenvalue weighted by molar-refractivity contribution is -0.0172. The van der Waals surface area contributed by atoms with Crippen LogP contribution in [0.2, 0.25) is 0 Å². The summed E-state index contributed by atoms with van der Waals surface area (Å²) in [5.41, 5.74) is 0.0561. The van der Waals surface area contributed by atoms with Crippen LogP contribution in [0.4, 0.5) is 0 Å². The second-order valence-electron chi connectivity index (χ2n) is 5.41. The van der Waals surface area contributed by atoms with Gasteiger partial charge in [-0.3, -0.25) is 0 Å². The van der Waals surface area contributed by atoms with Gasteiger partial charge in [0.25, 0.3) is 0 Å². The van der Waals surface area contributed by atoms with Crippen LogP contribution in [-0.2, 0) is 4.74 Å². The summed E-state index contributed by atoms with van der Waals surface area (Å²) in [4.78, 5) is 0. The first-order valence-corrected chi connectivity index (χ1v) is 6.55. The van der Waals surface area contributed by atoms with E-state index in [0.29, 0.717) is 12.0 Å². The van der Waals surface area contributed by atoms with Gasteiger partial charge < -0.3 is 15.2 Å². The number of ether oxygens (including phenoxy) is 1. The highest BCUT2D eigenvalue weighted by molar-refractivity contribution is 4.85. The van der Waals surface area contributed by atoms with Crippen LogP contribution in [0.5, 0.6) is 0 Å². The van der Waals surface area contributed by atoms with E-state index < -0.39 is 0 Å². The number of aliphatic hydroxyl groups excluding tert-OH is 1. The van der Waals surface area contributed by atoms with E-state index in [-0.39, 0.29) is 12.0 Å². The van der Waals surface area contributed by atoms with Crippen LogP contribution >= 0.6 is 0 Å². The van der Waals surface area contributed by atoms with Gasteiger partial charge in [-0.25, -0.2) is 0 Å². The summed E-state index contributed by atoms with van der Waals surface area (Å²) < 4.78 is 5.37. The monoisotopic (exact) mass is 229 g/mol. The molecular weight excluding hydrogens is 202 g/mol. The topological polar surface area (TPSA) is 41.5 Å². The van der Waals surface area contributed by atoms with Gasteiger partial charge in [-0.05, 0) is 25.2 Å². The third-order valence-corrected chi connectivity index (χ3v) is 3.87. The van der Waals surface area contributed by atoms with Crippen molar-refractivity contribution in [1.29, 1.82) is 0 Å². The summed E-state index contributed by atoms with van der Waals surface area (Å²) in [6, 6.07) is 0.561. The molecule has 2 N–H and O–H groups in total. The Balaban J connectivity index is 2.43. The SMILES string of the molecule is CCC(NCC1(CO)CCOCC1)C(C)C. The van der Waals surface area contributed by atoms with Crippen LogP contribution in [0.3, 0.4) is 0 Å². The Morgan fingerprint density at radius 2 is 1.94 bits per heavy atom. The van der Waals surface area contributed by atoms with Crippen molar-refractivity contribution in [3.63, 3.8) is 0 Å². The highest BCUT2D eigenvalue weighted by atomic mass is 16.5. The fraction of sp³-hybridized carbons (Fsp3) is 1.00. The smallest absolute Gasteiger partial charge is 0.0501 e. The maximum Gasteiger partial charge on any atom is 0.0501 e. The first-order chi connectivity index (χ1) is 7.63. The van der Waals surface area contributed by atoms with Gasteiger partial charge in [-0.2, -0.15) is 0 Å². The van der Waals surface area contributed by atoms with E-state index in [2.05, 4.69) is 26.1 Å². The van der Waals surface area contributed by atoms with E-state index in [0.717, 1.165) is 39.0 Å². The molecule has 16 heavy (non-hydrogen) atoms. The van der Waals surface area contributed by atoms with Gasteiger partial charge >= 0.3 is 0 Å². The zero-order valence-electron chi connectivity index (χ0n) is 11.0. The van der Waals surface area contributed by atoms with Crippen LogP contribution < -0.4 is 5.32 Å². The molecule has 1 saturated heterocycles. The summed E-state index contributed by atoms with van der Waals surface area (Å²) in [6.45, 7) is 9.49. The van der Waals surface area contributed by atoms with E-state index in [1.807, 2.05) is 0 Å². The number of aliphatic hydroxyl groups is 1. The Hall–Kier alpha value is -0.120. The lowest BCUT2D eigenvalue weighted by Crippen LogP contribution is -2.46. The molecule has 0 spiro atoms. The van der Waals surface area contributed by atoms with Crippen molar-refractivity contribution in [3.8, 4) is 0 Å². The minimum atomic E-state index is 0.0561. The Morgan fingerprint density at radius 3 is 2.38 bits per heavy atom. The van der Waals surface area contributed by atoms with Crippen LogP contribution in [0.15, 0.2) is 0 Å². The molecule has 96 valence electrons. The fourth-order valence-corrected chi connectivity index (χ4v) is 2.39. The zero-order valence-corrected chi connectivity index (χ0v) is 11.0. The van der Waals surface area contributed by atoms with E-state index in [1.54, 1.807) is 0 Å². The highest BCUT2D eigenvalue weighted by Gasteiger charge is 2.32. The summed E-state index contributed by atoms with van der Waals surface area (Å²) in [5.74, 6) is 0.653. The second kappa shape index (κ2) is 6.58. The molecule has 0 radical (unpaired) electrons. The summed E-state index contributed by atoms with van der Waals surface area (Å²) >= 11 is 0.